The van der Waals surface area contributed by atoms with Gasteiger partial charge >= 0.3 is 6.09 Å². The lowest BCUT2D eigenvalue weighted by Crippen LogP contribution is -2.63. The van der Waals surface area contributed by atoms with Crippen LogP contribution in [-0.4, -0.2) is 92.9 Å². The molecule has 1 unspecified atom stereocenters. The molecule has 4 atom stereocenters. The van der Waals surface area contributed by atoms with Crippen LogP contribution in [0, 0.1) is 10.1 Å². The van der Waals surface area contributed by atoms with Gasteiger partial charge in [0.05, 0.1) is 11.0 Å². The molecule has 0 saturated carbocycles. The molecule has 0 spiro atoms. The van der Waals surface area contributed by atoms with E-state index in [0.29, 0.717) is 23.4 Å². The Morgan fingerprint density at radius 1 is 1.10 bits per heavy atom. The second kappa shape index (κ2) is 16.8. The topological polar surface area (TPSA) is 177 Å². The SMILES string of the molecule is C[C@@H](C(=O)N[C@H](C(=O)N1Cc2cc([N+](=O)[O-])ccc2CC1C(=O)N[C@@H]1CCCc2ccccc21)C(C)(C)SCCOC=O)N(C)C(=O)OC(C)(C)C. The minimum absolute atomic E-state index is 0.0545. The van der Waals surface area contributed by atoms with Gasteiger partial charge in [0.25, 0.3) is 12.2 Å². The van der Waals surface area contributed by atoms with Crippen molar-refractivity contribution < 1.29 is 38.4 Å². The third-order valence-corrected chi connectivity index (χ3v) is 10.8. The van der Waals surface area contributed by atoms with Gasteiger partial charge in [-0.15, -0.1) is 11.8 Å². The number of nitrogens with zero attached hydrogens (tertiary/aromatic N) is 3. The van der Waals surface area contributed by atoms with Crippen molar-refractivity contribution in [3.8, 4) is 0 Å². The summed E-state index contributed by atoms with van der Waals surface area (Å²) in [6.45, 7) is 10.4. The molecule has 0 saturated heterocycles. The number of non-ortho nitro benzene ring substituents is 1. The quantitative estimate of drug-likeness (QED) is 0.129. The molecule has 0 radical (unpaired) electrons. The van der Waals surface area contributed by atoms with E-state index in [1.54, 1.807) is 40.7 Å². The molecular formula is C37H49N5O9S. The Balaban J connectivity index is 1.70. The molecule has 0 bridgehead atoms. The highest BCUT2D eigenvalue weighted by atomic mass is 32.2. The first-order chi connectivity index (χ1) is 24.4. The van der Waals surface area contributed by atoms with Crippen LogP contribution in [0.15, 0.2) is 42.5 Å². The fourth-order valence-electron chi connectivity index (χ4n) is 6.44. The van der Waals surface area contributed by atoms with Crippen LogP contribution in [0.5, 0.6) is 0 Å². The lowest BCUT2D eigenvalue weighted by atomic mass is 9.87. The number of carbonyl (C=O) groups is 5. The molecule has 2 aromatic rings. The number of fused-ring (bicyclic) bond motifs is 2. The molecule has 2 aromatic carbocycles. The highest BCUT2D eigenvalue weighted by Gasteiger charge is 2.45. The average molecular weight is 740 g/mol. The molecule has 282 valence electrons. The van der Waals surface area contributed by atoms with Crippen molar-refractivity contribution in [2.45, 2.75) is 108 Å². The zero-order chi connectivity index (χ0) is 38.4. The monoisotopic (exact) mass is 739 g/mol. The number of benzene rings is 2. The van der Waals surface area contributed by atoms with Crippen LogP contribution in [0.2, 0.25) is 0 Å². The molecule has 2 N–H and O–H groups in total. The third-order valence-electron chi connectivity index (χ3n) is 9.42. The summed E-state index contributed by atoms with van der Waals surface area (Å²) in [6, 6.07) is 8.76. The summed E-state index contributed by atoms with van der Waals surface area (Å²) in [6.07, 6.45) is 1.87. The van der Waals surface area contributed by atoms with Crippen molar-refractivity contribution in [2.24, 2.45) is 0 Å². The summed E-state index contributed by atoms with van der Waals surface area (Å²) in [5, 5.41) is 17.7. The number of likely N-dealkylation sites (N-methyl/N-ethyl adjacent to an activating group) is 1. The van der Waals surface area contributed by atoms with Gasteiger partial charge in [0.1, 0.15) is 30.3 Å². The van der Waals surface area contributed by atoms with E-state index in [0.717, 1.165) is 35.3 Å². The smallest absolute Gasteiger partial charge is 0.410 e. The summed E-state index contributed by atoms with van der Waals surface area (Å²) in [4.78, 5) is 80.4. The minimum Gasteiger partial charge on any atom is -0.467 e. The second-order valence-corrected chi connectivity index (χ2v) is 16.4. The van der Waals surface area contributed by atoms with Crippen molar-refractivity contribution in [3.05, 3.63) is 74.8 Å². The number of hydrogen-bond donors (Lipinski definition) is 2. The fraction of sp³-hybridized carbons (Fsp3) is 0.541. The third kappa shape index (κ3) is 9.81. The van der Waals surface area contributed by atoms with E-state index in [1.165, 1.54) is 42.8 Å². The molecule has 1 heterocycles. The van der Waals surface area contributed by atoms with Gasteiger partial charge in [-0.2, -0.15) is 0 Å². The van der Waals surface area contributed by atoms with Gasteiger partial charge < -0.3 is 25.0 Å². The molecule has 1 aliphatic carbocycles. The Morgan fingerprint density at radius 2 is 1.81 bits per heavy atom. The van der Waals surface area contributed by atoms with E-state index in [1.807, 2.05) is 24.3 Å². The van der Waals surface area contributed by atoms with Crippen LogP contribution < -0.4 is 10.6 Å². The van der Waals surface area contributed by atoms with Crippen molar-refractivity contribution >= 4 is 47.7 Å². The van der Waals surface area contributed by atoms with Gasteiger partial charge in [-0.05, 0) is 83.1 Å². The molecule has 2 aliphatic rings. The number of rotatable bonds is 13. The van der Waals surface area contributed by atoms with E-state index in [4.69, 9.17) is 9.47 Å². The number of nitro benzene ring substituents is 1. The van der Waals surface area contributed by atoms with Gasteiger partial charge in [0.2, 0.25) is 17.7 Å². The highest BCUT2D eigenvalue weighted by Crippen LogP contribution is 2.35. The number of nitro groups is 1. The Hall–Kier alpha value is -4.66. The van der Waals surface area contributed by atoms with Gasteiger partial charge in [-0.1, -0.05) is 30.3 Å². The van der Waals surface area contributed by atoms with E-state index < -0.39 is 51.3 Å². The Labute approximate surface area is 308 Å². The molecule has 52 heavy (non-hydrogen) atoms. The molecular weight excluding hydrogens is 691 g/mol. The van der Waals surface area contributed by atoms with Crippen LogP contribution in [0.1, 0.15) is 82.7 Å². The number of carbonyl (C=O) groups excluding carboxylic acids is 5. The van der Waals surface area contributed by atoms with Crippen LogP contribution in [-0.2, 0) is 48.0 Å². The first-order valence-corrected chi connectivity index (χ1v) is 18.3. The normalized spacial score (nSPS) is 18.1. The second-order valence-electron chi connectivity index (χ2n) is 14.7. The predicted octanol–water partition coefficient (Wildman–Crippen LogP) is 4.47. The van der Waals surface area contributed by atoms with Crippen molar-refractivity contribution in [3.63, 3.8) is 0 Å². The number of hydrogen-bond acceptors (Lipinski definition) is 10. The number of nitrogens with one attached hydrogen (secondary N) is 2. The Kier molecular flexibility index (Phi) is 12.9. The largest absolute Gasteiger partial charge is 0.467 e. The van der Waals surface area contributed by atoms with Crippen molar-refractivity contribution in [1.29, 1.82) is 0 Å². The van der Waals surface area contributed by atoms with E-state index in [9.17, 15) is 34.1 Å². The lowest BCUT2D eigenvalue weighted by molar-refractivity contribution is -0.385. The predicted molar refractivity (Wildman–Crippen MR) is 195 cm³/mol. The molecule has 4 amide bonds. The van der Waals surface area contributed by atoms with E-state index >= 15 is 0 Å². The summed E-state index contributed by atoms with van der Waals surface area (Å²) < 4.78 is 9.27. The lowest BCUT2D eigenvalue weighted by Gasteiger charge is -2.42. The maximum Gasteiger partial charge on any atom is 0.410 e. The zero-order valence-electron chi connectivity index (χ0n) is 30.8. The van der Waals surface area contributed by atoms with Crippen molar-refractivity contribution in [2.75, 3.05) is 19.4 Å². The zero-order valence-corrected chi connectivity index (χ0v) is 31.6. The van der Waals surface area contributed by atoms with E-state index in [2.05, 4.69) is 10.6 Å². The molecule has 1 aliphatic heterocycles. The molecule has 0 fully saturated rings. The highest BCUT2D eigenvalue weighted by molar-refractivity contribution is 8.00. The standard InChI is InChI=1S/C37H49N5O9S/c1-23(40(7)35(47)51-36(2,3)4)32(44)39-31(37(5,6)52-18-17-50-22-43)34(46)41-21-26-19-27(42(48)49)16-15-25(26)20-30(41)33(45)38-29-14-10-12-24-11-8-9-13-28(24)29/h8-9,11,13,15-16,19,22-23,29-31H,10,12,14,17-18,20-21H2,1-7H3,(H,38,45)(H,39,44)/t23-,29+,30?,31+/m0/s1. The summed E-state index contributed by atoms with van der Waals surface area (Å²) in [7, 11) is 1.42. The Bertz CT molecular complexity index is 1680. The number of aryl methyl sites for hydroxylation is 1. The first kappa shape index (κ1) is 40.1. The van der Waals surface area contributed by atoms with Crippen LogP contribution in [0.4, 0.5) is 10.5 Å². The number of amides is 4. The molecule has 14 nitrogen and oxygen atoms in total. The van der Waals surface area contributed by atoms with Gasteiger partial charge in [-0.25, -0.2) is 4.79 Å². The van der Waals surface area contributed by atoms with Crippen LogP contribution in [0.25, 0.3) is 0 Å². The minimum atomic E-state index is -1.25. The number of thioether (sulfide) groups is 1. The maximum atomic E-state index is 14.9. The molecule has 0 aromatic heterocycles. The first-order valence-electron chi connectivity index (χ1n) is 17.3. The van der Waals surface area contributed by atoms with Crippen LogP contribution in [0.3, 0.4) is 0 Å². The number of ether oxygens (including phenoxy) is 2. The average Bonchev–Trinajstić information content (AvgIpc) is 3.09. The van der Waals surface area contributed by atoms with E-state index in [-0.39, 0.29) is 37.2 Å². The van der Waals surface area contributed by atoms with Crippen LogP contribution >= 0.6 is 11.8 Å². The maximum absolute atomic E-state index is 14.9. The van der Waals surface area contributed by atoms with Gasteiger partial charge in [-0.3, -0.25) is 34.2 Å². The van der Waals surface area contributed by atoms with Gasteiger partial charge in [0, 0.05) is 42.6 Å². The van der Waals surface area contributed by atoms with Gasteiger partial charge in [0.15, 0.2) is 0 Å². The molecule has 4 rings (SSSR count). The summed E-state index contributed by atoms with van der Waals surface area (Å²) in [5.41, 5.74) is 2.43. The summed E-state index contributed by atoms with van der Waals surface area (Å²) >= 11 is 1.28. The van der Waals surface area contributed by atoms with Crippen molar-refractivity contribution in [1.82, 2.24) is 20.4 Å². The Morgan fingerprint density at radius 3 is 2.48 bits per heavy atom. The fourth-order valence-corrected chi connectivity index (χ4v) is 7.47. The summed E-state index contributed by atoms with van der Waals surface area (Å²) in [5.74, 6) is -1.32. The molecule has 15 heteroatoms.